The summed E-state index contributed by atoms with van der Waals surface area (Å²) >= 11 is 5.95. The molecule has 11 heavy (non-hydrogen) atoms. The first-order chi connectivity index (χ1) is 5.29. The molecule has 0 bridgehead atoms. The lowest BCUT2D eigenvalue weighted by atomic mass is 10.0. The highest BCUT2D eigenvalue weighted by Gasteiger charge is 2.01. The fourth-order valence-corrected chi connectivity index (χ4v) is 1.58. The van der Waals surface area contributed by atoms with Crippen molar-refractivity contribution in [2.75, 3.05) is 0 Å². The summed E-state index contributed by atoms with van der Waals surface area (Å²) in [7, 11) is 0. The molecular weight excluding hydrogens is 156 g/mol. The van der Waals surface area contributed by atoms with Gasteiger partial charge in [0.1, 0.15) is 0 Å². The van der Waals surface area contributed by atoms with E-state index in [1.807, 2.05) is 6.07 Å². The molecular formula is C10H12Cl. The summed E-state index contributed by atoms with van der Waals surface area (Å²) < 4.78 is 0. The fourth-order valence-electron chi connectivity index (χ4n) is 1.26. The van der Waals surface area contributed by atoms with Crippen LogP contribution in [0.15, 0.2) is 12.1 Å². The number of hydrogen-bond acceptors (Lipinski definition) is 0. The first-order valence-electron chi connectivity index (χ1n) is 3.97. The van der Waals surface area contributed by atoms with Gasteiger partial charge >= 0.3 is 0 Å². The van der Waals surface area contributed by atoms with Crippen molar-refractivity contribution in [2.24, 2.45) is 0 Å². The van der Waals surface area contributed by atoms with Gasteiger partial charge in [-0.1, -0.05) is 37.6 Å². The molecule has 1 radical (unpaired) electrons. The van der Waals surface area contributed by atoms with Crippen LogP contribution >= 0.6 is 11.6 Å². The maximum atomic E-state index is 5.95. The molecule has 0 aliphatic carbocycles. The Morgan fingerprint density at radius 1 is 1.36 bits per heavy atom. The third kappa shape index (κ3) is 1.75. The van der Waals surface area contributed by atoms with E-state index < -0.39 is 0 Å². The van der Waals surface area contributed by atoms with E-state index in [4.69, 9.17) is 11.6 Å². The van der Waals surface area contributed by atoms with E-state index in [0.717, 1.165) is 17.9 Å². The summed E-state index contributed by atoms with van der Waals surface area (Å²) in [5, 5.41) is 0.784. The van der Waals surface area contributed by atoms with Crippen molar-refractivity contribution in [1.82, 2.24) is 0 Å². The van der Waals surface area contributed by atoms with E-state index in [2.05, 4.69) is 26.0 Å². The predicted molar refractivity (Wildman–Crippen MR) is 49.0 cm³/mol. The summed E-state index contributed by atoms with van der Waals surface area (Å²) in [6.45, 7) is 4.26. The van der Waals surface area contributed by atoms with Crippen LogP contribution in [0.2, 0.25) is 5.02 Å². The molecule has 1 rings (SSSR count). The topological polar surface area (TPSA) is 0 Å². The van der Waals surface area contributed by atoms with Crippen molar-refractivity contribution in [2.45, 2.75) is 26.7 Å². The molecule has 1 heteroatoms. The molecule has 59 valence electrons. The summed E-state index contributed by atoms with van der Waals surface area (Å²) in [6.07, 6.45) is 2.05. The molecule has 0 aliphatic heterocycles. The number of rotatable bonds is 2. The number of benzene rings is 1. The maximum absolute atomic E-state index is 5.95. The van der Waals surface area contributed by atoms with Crippen molar-refractivity contribution in [3.63, 3.8) is 0 Å². The van der Waals surface area contributed by atoms with E-state index in [9.17, 15) is 0 Å². The van der Waals surface area contributed by atoms with Crippen LogP contribution in [0.3, 0.4) is 0 Å². The highest BCUT2D eigenvalue weighted by Crippen LogP contribution is 2.20. The molecule has 1 aromatic carbocycles. The van der Waals surface area contributed by atoms with E-state index in [1.54, 1.807) is 0 Å². The van der Waals surface area contributed by atoms with Gasteiger partial charge in [-0.2, -0.15) is 0 Å². The van der Waals surface area contributed by atoms with Gasteiger partial charge in [0, 0.05) is 6.07 Å². The number of aryl methyl sites for hydroxylation is 1. The minimum absolute atomic E-state index is 0.784. The van der Waals surface area contributed by atoms with Crippen molar-refractivity contribution >= 4 is 11.6 Å². The Balaban J connectivity index is 3.13. The lowest BCUT2D eigenvalue weighted by Gasteiger charge is -2.05. The molecule has 0 heterocycles. The molecule has 0 amide bonds. The van der Waals surface area contributed by atoms with Gasteiger partial charge in [0.2, 0.25) is 0 Å². The minimum Gasteiger partial charge on any atom is -0.0833 e. The lowest BCUT2D eigenvalue weighted by molar-refractivity contribution is 1.04. The van der Waals surface area contributed by atoms with Gasteiger partial charge in [-0.15, -0.1) is 0 Å². The van der Waals surface area contributed by atoms with Gasteiger partial charge in [-0.3, -0.25) is 0 Å². The Hall–Kier alpha value is -0.490. The van der Waals surface area contributed by atoms with E-state index >= 15 is 0 Å². The van der Waals surface area contributed by atoms with Crippen LogP contribution in [0.25, 0.3) is 0 Å². The largest absolute Gasteiger partial charge is 0.0833 e. The Kier molecular flexibility index (Phi) is 2.95. The van der Waals surface area contributed by atoms with Crippen molar-refractivity contribution in [1.29, 1.82) is 0 Å². The third-order valence-corrected chi connectivity index (χ3v) is 2.22. The van der Waals surface area contributed by atoms with Crippen LogP contribution in [-0.2, 0) is 12.8 Å². The zero-order valence-electron chi connectivity index (χ0n) is 6.95. The summed E-state index contributed by atoms with van der Waals surface area (Å²) in [4.78, 5) is 0. The highest BCUT2D eigenvalue weighted by atomic mass is 35.5. The minimum atomic E-state index is 0.784. The predicted octanol–water partition coefficient (Wildman–Crippen LogP) is 3.26. The average Bonchev–Trinajstić information content (AvgIpc) is 2.04. The van der Waals surface area contributed by atoms with Crippen LogP contribution in [-0.4, -0.2) is 0 Å². The smallest absolute Gasteiger partial charge is 0.0519 e. The Morgan fingerprint density at radius 3 is 2.55 bits per heavy atom. The summed E-state index contributed by atoms with van der Waals surface area (Å²) in [6, 6.07) is 6.97. The SMILES string of the molecule is CCc1cc[c]c(Cl)c1CC. The molecule has 0 aliphatic rings. The van der Waals surface area contributed by atoms with E-state index in [0.29, 0.717) is 0 Å². The van der Waals surface area contributed by atoms with Crippen molar-refractivity contribution in [3.05, 3.63) is 34.3 Å². The second-order valence-corrected chi connectivity index (χ2v) is 2.88. The van der Waals surface area contributed by atoms with E-state index in [-0.39, 0.29) is 0 Å². The third-order valence-electron chi connectivity index (χ3n) is 1.88. The van der Waals surface area contributed by atoms with Crippen molar-refractivity contribution < 1.29 is 0 Å². The van der Waals surface area contributed by atoms with Crippen LogP contribution in [0, 0.1) is 6.07 Å². The monoisotopic (exact) mass is 167 g/mol. The molecule has 0 saturated heterocycles. The van der Waals surface area contributed by atoms with Gasteiger partial charge in [-0.05, 0) is 24.0 Å². The van der Waals surface area contributed by atoms with Crippen LogP contribution in [0.4, 0.5) is 0 Å². The fraction of sp³-hybridized carbons (Fsp3) is 0.400. The Morgan fingerprint density at radius 2 is 2.09 bits per heavy atom. The molecule has 1 aromatic rings. The van der Waals surface area contributed by atoms with Crippen LogP contribution < -0.4 is 0 Å². The molecule has 0 spiro atoms. The number of hydrogen-bond donors (Lipinski definition) is 0. The Labute approximate surface area is 73.2 Å². The average molecular weight is 168 g/mol. The van der Waals surface area contributed by atoms with Gasteiger partial charge < -0.3 is 0 Å². The van der Waals surface area contributed by atoms with Gasteiger partial charge in [-0.25, -0.2) is 0 Å². The zero-order valence-corrected chi connectivity index (χ0v) is 7.70. The number of halogens is 1. The van der Waals surface area contributed by atoms with Crippen LogP contribution in [0.1, 0.15) is 25.0 Å². The molecule has 0 fully saturated rings. The zero-order chi connectivity index (χ0) is 8.27. The van der Waals surface area contributed by atoms with Gasteiger partial charge in [0.25, 0.3) is 0 Å². The first kappa shape index (κ1) is 8.61. The molecule has 0 saturated carbocycles. The van der Waals surface area contributed by atoms with Crippen LogP contribution in [0.5, 0.6) is 0 Å². The maximum Gasteiger partial charge on any atom is 0.0519 e. The Bertz CT molecular complexity index is 241. The second kappa shape index (κ2) is 3.77. The lowest BCUT2D eigenvalue weighted by Crippen LogP contribution is -1.91. The van der Waals surface area contributed by atoms with Gasteiger partial charge in [0.15, 0.2) is 0 Å². The summed E-state index contributed by atoms with van der Waals surface area (Å²) in [5.41, 5.74) is 2.59. The quantitative estimate of drug-likeness (QED) is 0.635. The molecule has 0 atom stereocenters. The molecule has 0 unspecified atom stereocenters. The summed E-state index contributed by atoms with van der Waals surface area (Å²) in [5.74, 6) is 0. The van der Waals surface area contributed by atoms with Crippen molar-refractivity contribution in [3.8, 4) is 0 Å². The second-order valence-electron chi connectivity index (χ2n) is 2.50. The standard InChI is InChI=1S/C10H12Cl/c1-3-8-6-5-7-10(11)9(8)4-2/h5-6H,3-4H2,1-2H3. The highest BCUT2D eigenvalue weighted by molar-refractivity contribution is 6.31. The normalized spacial score (nSPS) is 10.1. The first-order valence-corrected chi connectivity index (χ1v) is 4.35. The molecule has 0 aromatic heterocycles. The van der Waals surface area contributed by atoms with E-state index in [1.165, 1.54) is 11.1 Å². The molecule has 0 nitrogen and oxygen atoms in total. The molecule has 0 N–H and O–H groups in total. The van der Waals surface area contributed by atoms with Gasteiger partial charge in [0.05, 0.1) is 5.02 Å².